The highest BCUT2D eigenvalue weighted by Gasteiger charge is 2.34. The lowest BCUT2D eigenvalue weighted by atomic mass is 10.2. The van der Waals surface area contributed by atoms with E-state index in [-0.39, 0.29) is 6.23 Å². The highest BCUT2D eigenvalue weighted by atomic mass is 16.3. The normalized spacial score (nSPS) is 30.5. The quantitative estimate of drug-likeness (QED) is 0.630. The summed E-state index contributed by atoms with van der Waals surface area (Å²) in [5.41, 5.74) is 0. The van der Waals surface area contributed by atoms with E-state index in [1.807, 2.05) is 0 Å². The minimum Gasteiger partial charge on any atom is -0.378 e. The van der Waals surface area contributed by atoms with Gasteiger partial charge in [0.25, 0.3) is 0 Å². The lowest BCUT2D eigenvalue weighted by Crippen LogP contribution is -2.49. The lowest BCUT2D eigenvalue weighted by Gasteiger charge is -2.35. The Balaban J connectivity index is 1.80. The van der Waals surface area contributed by atoms with E-state index >= 15 is 0 Å². The first-order valence-corrected chi connectivity index (χ1v) is 4.88. The van der Waals surface area contributed by atoms with Crippen molar-refractivity contribution < 1.29 is 5.11 Å². The molecule has 0 amide bonds. The van der Waals surface area contributed by atoms with E-state index in [1.165, 1.54) is 12.8 Å². The van der Waals surface area contributed by atoms with Crippen LogP contribution in [-0.4, -0.2) is 54.4 Å². The monoisotopic (exact) mass is 170 g/mol. The summed E-state index contributed by atoms with van der Waals surface area (Å²) in [6.07, 6.45) is 2.32. The molecular formula is C9H18N2O. The van der Waals surface area contributed by atoms with Gasteiger partial charge in [-0.1, -0.05) is 0 Å². The molecule has 1 heterocycles. The molecule has 2 fully saturated rings. The van der Waals surface area contributed by atoms with Crippen LogP contribution in [-0.2, 0) is 0 Å². The maximum atomic E-state index is 9.81. The zero-order valence-electron chi connectivity index (χ0n) is 7.74. The van der Waals surface area contributed by atoms with Gasteiger partial charge in [-0.15, -0.1) is 0 Å². The molecule has 12 heavy (non-hydrogen) atoms. The van der Waals surface area contributed by atoms with Crippen LogP contribution in [0.4, 0.5) is 0 Å². The molecule has 1 N–H and O–H groups in total. The maximum absolute atomic E-state index is 9.81. The summed E-state index contributed by atoms with van der Waals surface area (Å²) < 4.78 is 0. The number of piperazine rings is 1. The molecule has 1 saturated carbocycles. The zero-order valence-corrected chi connectivity index (χ0v) is 7.74. The van der Waals surface area contributed by atoms with Gasteiger partial charge in [-0.3, -0.25) is 4.90 Å². The van der Waals surface area contributed by atoms with Crippen molar-refractivity contribution in [3.05, 3.63) is 0 Å². The standard InChI is InChI=1S/C9H18N2O/c1-10-4-6-11(7-5-10)9(12)8-2-3-8/h8-9,12H,2-7H2,1H3. The molecule has 0 radical (unpaired) electrons. The SMILES string of the molecule is CN1CCN(C(O)C2CC2)CC1. The van der Waals surface area contributed by atoms with Crippen LogP contribution in [0.2, 0.25) is 0 Å². The van der Waals surface area contributed by atoms with Gasteiger partial charge in [-0.25, -0.2) is 0 Å². The molecule has 3 nitrogen and oxygen atoms in total. The van der Waals surface area contributed by atoms with Crippen molar-refractivity contribution in [2.45, 2.75) is 19.1 Å². The summed E-state index contributed by atoms with van der Waals surface area (Å²) >= 11 is 0. The van der Waals surface area contributed by atoms with Gasteiger partial charge in [0, 0.05) is 26.2 Å². The summed E-state index contributed by atoms with van der Waals surface area (Å²) in [6.45, 7) is 4.27. The molecule has 0 spiro atoms. The average Bonchev–Trinajstić information content (AvgIpc) is 2.87. The number of nitrogens with zero attached hydrogens (tertiary/aromatic N) is 2. The average molecular weight is 170 g/mol. The van der Waals surface area contributed by atoms with Crippen molar-refractivity contribution in [1.82, 2.24) is 9.80 Å². The van der Waals surface area contributed by atoms with E-state index in [9.17, 15) is 5.11 Å². The van der Waals surface area contributed by atoms with E-state index in [1.54, 1.807) is 0 Å². The third kappa shape index (κ3) is 1.79. The van der Waals surface area contributed by atoms with Gasteiger partial charge in [0.15, 0.2) is 0 Å². The summed E-state index contributed by atoms with van der Waals surface area (Å²) in [5.74, 6) is 0.591. The minimum absolute atomic E-state index is 0.140. The summed E-state index contributed by atoms with van der Waals surface area (Å²) in [7, 11) is 2.14. The molecule has 70 valence electrons. The predicted molar refractivity (Wildman–Crippen MR) is 47.8 cm³/mol. The molecule has 1 aliphatic carbocycles. The first-order valence-electron chi connectivity index (χ1n) is 4.88. The molecular weight excluding hydrogens is 152 g/mol. The second kappa shape index (κ2) is 3.32. The van der Waals surface area contributed by atoms with E-state index in [2.05, 4.69) is 16.8 Å². The van der Waals surface area contributed by atoms with Crippen LogP contribution in [0.25, 0.3) is 0 Å². The van der Waals surface area contributed by atoms with Crippen molar-refractivity contribution in [3.63, 3.8) is 0 Å². The second-order valence-electron chi connectivity index (χ2n) is 4.09. The number of hydrogen-bond donors (Lipinski definition) is 1. The van der Waals surface area contributed by atoms with Crippen LogP contribution in [0.5, 0.6) is 0 Å². The molecule has 0 bridgehead atoms. The third-order valence-electron chi connectivity index (χ3n) is 2.96. The summed E-state index contributed by atoms with van der Waals surface area (Å²) in [6, 6.07) is 0. The number of likely N-dealkylation sites (N-methyl/N-ethyl adjacent to an activating group) is 1. The van der Waals surface area contributed by atoms with Crippen LogP contribution in [0.15, 0.2) is 0 Å². The summed E-state index contributed by atoms with van der Waals surface area (Å²) in [5, 5.41) is 9.81. The molecule has 0 aromatic carbocycles. The van der Waals surface area contributed by atoms with Gasteiger partial charge >= 0.3 is 0 Å². The van der Waals surface area contributed by atoms with Crippen LogP contribution in [0.1, 0.15) is 12.8 Å². The van der Waals surface area contributed by atoms with E-state index in [0.29, 0.717) is 5.92 Å². The Bertz CT molecular complexity index is 151. The van der Waals surface area contributed by atoms with Gasteiger partial charge in [0.1, 0.15) is 6.23 Å². The Hall–Kier alpha value is -0.120. The number of aliphatic hydroxyl groups excluding tert-OH is 1. The molecule has 0 aromatic heterocycles. The highest BCUT2D eigenvalue weighted by molar-refractivity contribution is 4.83. The fraction of sp³-hybridized carbons (Fsp3) is 1.00. The molecule has 0 aromatic rings. The van der Waals surface area contributed by atoms with E-state index in [4.69, 9.17) is 0 Å². The first-order chi connectivity index (χ1) is 5.77. The molecule has 2 rings (SSSR count). The largest absolute Gasteiger partial charge is 0.378 e. The third-order valence-corrected chi connectivity index (χ3v) is 2.96. The van der Waals surface area contributed by atoms with Crippen molar-refractivity contribution in [1.29, 1.82) is 0 Å². The van der Waals surface area contributed by atoms with Gasteiger partial charge in [0.05, 0.1) is 0 Å². The first kappa shape index (κ1) is 8.48. The fourth-order valence-corrected chi connectivity index (χ4v) is 1.78. The molecule has 2 aliphatic rings. The molecule has 1 atom stereocenters. The number of hydrogen-bond acceptors (Lipinski definition) is 3. The summed E-state index contributed by atoms with van der Waals surface area (Å²) in [4.78, 5) is 4.54. The predicted octanol–water partition coefficient (Wildman–Crippen LogP) is -0.0378. The Morgan fingerprint density at radius 1 is 1.17 bits per heavy atom. The van der Waals surface area contributed by atoms with Gasteiger partial charge in [-0.05, 0) is 25.8 Å². The van der Waals surface area contributed by atoms with Crippen molar-refractivity contribution in [3.8, 4) is 0 Å². The van der Waals surface area contributed by atoms with Crippen LogP contribution < -0.4 is 0 Å². The van der Waals surface area contributed by atoms with Crippen LogP contribution in [0.3, 0.4) is 0 Å². The Morgan fingerprint density at radius 2 is 1.75 bits per heavy atom. The van der Waals surface area contributed by atoms with E-state index in [0.717, 1.165) is 26.2 Å². The van der Waals surface area contributed by atoms with Crippen LogP contribution in [0, 0.1) is 5.92 Å². The Kier molecular flexibility index (Phi) is 2.35. The zero-order chi connectivity index (χ0) is 8.55. The van der Waals surface area contributed by atoms with Crippen molar-refractivity contribution in [2.24, 2.45) is 5.92 Å². The molecule has 1 unspecified atom stereocenters. The lowest BCUT2D eigenvalue weighted by molar-refractivity contribution is -0.0350. The van der Waals surface area contributed by atoms with Crippen LogP contribution >= 0.6 is 0 Å². The van der Waals surface area contributed by atoms with Crippen molar-refractivity contribution in [2.75, 3.05) is 33.2 Å². The Labute approximate surface area is 74.0 Å². The minimum atomic E-state index is -0.140. The Morgan fingerprint density at radius 3 is 2.25 bits per heavy atom. The molecule has 3 heteroatoms. The number of aliphatic hydroxyl groups is 1. The number of rotatable bonds is 2. The molecule has 1 saturated heterocycles. The van der Waals surface area contributed by atoms with Crippen molar-refractivity contribution >= 4 is 0 Å². The second-order valence-corrected chi connectivity index (χ2v) is 4.09. The molecule has 1 aliphatic heterocycles. The van der Waals surface area contributed by atoms with Gasteiger partial charge < -0.3 is 10.0 Å². The highest BCUT2D eigenvalue weighted by Crippen LogP contribution is 2.34. The fourth-order valence-electron chi connectivity index (χ4n) is 1.78. The van der Waals surface area contributed by atoms with E-state index < -0.39 is 0 Å². The van der Waals surface area contributed by atoms with Gasteiger partial charge in [-0.2, -0.15) is 0 Å². The topological polar surface area (TPSA) is 26.7 Å². The van der Waals surface area contributed by atoms with Gasteiger partial charge in [0.2, 0.25) is 0 Å². The smallest absolute Gasteiger partial charge is 0.110 e. The maximum Gasteiger partial charge on any atom is 0.110 e.